The molecule has 0 spiro atoms. The van der Waals surface area contributed by atoms with Gasteiger partial charge in [0, 0.05) is 25.2 Å². The van der Waals surface area contributed by atoms with E-state index < -0.39 is 5.60 Å². The Hall–Kier alpha value is -2.09. The fraction of sp³-hybridized carbons (Fsp3) is 0.533. The average Bonchev–Trinajstić information content (AvgIpc) is 2.86. The average molecular weight is 273 g/mol. The molecule has 5 heteroatoms. The van der Waals surface area contributed by atoms with Gasteiger partial charge < -0.3 is 9.64 Å². The summed E-state index contributed by atoms with van der Waals surface area (Å²) in [5.41, 5.74) is 1.01. The van der Waals surface area contributed by atoms with Gasteiger partial charge in [0.2, 0.25) is 0 Å². The molecule has 0 bridgehead atoms. The van der Waals surface area contributed by atoms with Crippen LogP contribution in [0, 0.1) is 11.3 Å². The Morgan fingerprint density at radius 1 is 1.50 bits per heavy atom. The molecule has 0 saturated carbocycles. The molecule has 0 radical (unpaired) electrons. The van der Waals surface area contributed by atoms with Gasteiger partial charge in [0.05, 0.1) is 0 Å². The van der Waals surface area contributed by atoms with Gasteiger partial charge in [-0.3, -0.25) is 0 Å². The minimum absolute atomic E-state index is 0.262. The smallest absolute Gasteiger partial charge is 0.410 e. The molecule has 106 valence electrons. The second kappa shape index (κ2) is 5.49. The van der Waals surface area contributed by atoms with E-state index in [2.05, 4.69) is 4.98 Å². The van der Waals surface area contributed by atoms with E-state index in [-0.39, 0.29) is 12.0 Å². The molecule has 0 N–H and O–H groups in total. The number of carbonyl (C=O) groups excluding carboxylic acids is 1. The van der Waals surface area contributed by atoms with Crippen molar-refractivity contribution in [3.8, 4) is 6.07 Å². The van der Waals surface area contributed by atoms with Crippen LogP contribution in [0.5, 0.6) is 0 Å². The third kappa shape index (κ3) is 3.47. The third-order valence-corrected chi connectivity index (χ3v) is 3.21. The lowest BCUT2D eigenvalue weighted by molar-refractivity contribution is 0.0292. The highest BCUT2D eigenvalue weighted by atomic mass is 16.6. The molecule has 5 nitrogen and oxygen atoms in total. The monoisotopic (exact) mass is 273 g/mol. The lowest BCUT2D eigenvalue weighted by atomic mass is 10.0. The Labute approximate surface area is 119 Å². The summed E-state index contributed by atoms with van der Waals surface area (Å²) in [7, 11) is 0. The molecule has 1 aromatic rings. The fourth-order valence-corrected chi connectivity index (χ4v) is 2.24. The second-order valence-electron chi connectivity index (χ2n) is 6.00. The van der Waals surface area contributed by atoms with Crippen molar-refractivity contribution >= 4 is 6.09 Å². The summed E-state index contributed by atoms with van der Waals surface area (Å²) in [6, 6.07) is 5.63. The Morgan fingerprint density at radius 2 is 2.25 bits per heavy atom. The van der Waals surface area contributed by atoms with Gasteiger partial charge in [-0.2, -0.15) is 5.26 Å². The number of nitrogens with zero attached hydrogens (tertiary/aromatic N) is 3. The lowest BCUT2D eigenvalue weighted by Crippen LogP contribution is -2.35. The molecular formula is C15H19N3O2. The van der Waals surface area contributed by atoms with Crippen molar-refractivity contribution in [2.24, 2.45) is 0 Å². The van der Waals surface area contributed by atoms with E-state index in [1.165, 1.54) is 0 Å². The van der Waals surface area contributed by atoms with Crippen molar-refractivity contribution in [1.82, 2.24) is 9.88 Å². The summed E-state index contributed by atoms with van der Waals surface area (Å²) in [5.74, 6) is 0.266. The zero-order valence-corrected chi connectivity index (χ0v) is 12.1. The van der Waals surface area contributed by atoms with Gasteiger partial charge >= 0.3 is 6.09 Å². The summed E-state index contributed by atoms with van der Waals surface area (Å²) >= 11 is 0. The van der Waals surface area contributed by atoms with Gasteiger partial charge in [0.25, 0.3) is 0 Å². The normalized spacial score (nSPS) is 18.7. The van der Waals surface area contributed by atoms with E-state index >= 15 is 0 Å². The first-order valence-electron chi connectivity index (χ1n) is 6.73. The topological polar surface area (TPSA) is 66.2 Å². The van der Waals surface area contributed by atoms with Crippen LogP contribution in [-0.2, 0) is 4.74 Å². The summed E-state index contributed by atoms with van der Waals surface area (Å²) in [6.45, 7) is 6.93. The Kier molecular flexibility index (Phi) is 3.93. The van der Waals surface area contributed by atoms with E-state index in [1.807, 2.05) is 32.9 Å². The summed E-state index contributed by atoms with van der Waals surface area (Å²) < 4.78 is 5.37. The minimum atomic E-state index is -0.467. The van der Waals surface area contributed by atoms with Gasteiger partial charge in [-0.25, -0.2) is 9.78 Å². The predicted octanol–water partition coefficient (Wildman–Crippen LogP) is 2.68. The number of nitriles is 1. The van der Waals surface area contributed by atoms with Gasteiger partial charge in [-0.15, -0.1) is 0 Å². The summed E-state index contributed by atoms with van der Waals surface area (Å²) in [5, 5.41) is 8.73. The largest absolute Gasteiger partial charge is 0.444 e. The zero-order valence-electron chi connectivity index (χ0n) is 12.1. The highest BCUT2D eigenvalue weighted by Gasteiger charge is 2.30. The molecule has 2 rings (SSSR count). The standard InChI is InChI=1S/C15H19N3O2/c1-15(2,3)20-14(19)18-7-6-12(10-18)11-4-5-13(8-16)17-9-11/h4-5,9,12H,6-7,10H2,1-3H3. The van der Waals surface area contributed by atoms with E-state index in [9.17, 15) is 4.79 Å². The highest BCUT2D eigenvalue weighted by molar-refractivity contribution is 5.68. The Bertz CT molecular complexity index is 526. The summed E-state index contributed by atoms with van der Waals surface area (Å²) in [4.78, 5) is 17.8. The van der Waals surface area contributed by atoms with Crippen LogP contribution in [0.25, 0.3) is 0 Å². The predicted molar refractivity (Wildman–Crippen MR) is 74.1 cm³/mol. The van der Waals surface area contributed by atoms with Gasteiger partial charge in [-0.05, 0) is 38.8 Å². The first kappa shape index (κ1) is 14.3. The zero-order chi connectivity index (χ0) is 14.8. The number of likely N-dealkylation sites (tertiary alicyclic amines) is 1. The molecule has 1 unspecified atom stereocenters. The summed E-state index contributed by atoms with van der Waals surface area (Å²) in [6.07, 6.45) is 2.36. The third-order valence-electron chi connectivity index (χ3n) is 3.21. The maximum Gasteiger partial charge on any atom is 0.410 e. The Balaban J connectivity index is 1.98. The lowest BCUT2D eigenvalue weighted by Gasteiger charge is -2.24. The van der Waals surface area contributed by atoms with Crippen LogP contribution in [0.2, 0.25) is 0 Å². The van der Waals surface area contributed by atoms with Crippen molar-refractivity contribution in [2.75, 3.05) is 13.1 Å². The molecule has 1 aliphatic rings. The van der Waals surface area contributed by atoms with E-state index in [4.69, 9.17) is 10.00 Å². The van der Waals surface area contributed by atoms with Crippen LogP contribution in [0.15, 0.2) is 18.3 Å². The van der Waals surface area contributed by atoms with E-state index in [0.717, 1.165) is 12.0 Å². The highest BCUT2D eigenvalue weighted by Crippen LogP contribution is 2.27. The van der Waals surface area contributed by atoms with Crippen molar-refractivity contribution in [3.05, 3.63) is 29.6 Å². The first-order chi connectivity index (χ1) is 9.39. The van der Waals surface area contributed by atoms with E-state index in [1.54, 1.807) is 17.2 Å². The molecule has 20 heavy (non-hydrogen) atoms. The minimum Gasteiger partial charge on any atom is -0.444 e. The molecule has 2 heterocycles. The number of ether oxygens (including phenoxy) is 1. The van der Waals surface area contributed by atoms with Crippen molar-refractivity contribution in [3.63, 3.8) is 0 Å². The number of amides is 1. The Morgan fingerprint density at radius 3 is 2.80 bits per heavy atom. The van der Waals surface area contributed by atoms with Crippen molar-refractivity contribution < 1.29 is 9.53 Å². The van der Waals surface area contributed by atoms with Gasteiger partial charge in [0.1, 0.15) is 17.4 Å². The van der Waals surface area contributed by atoms with Crippen LogP contribution < -0.4 is 0 Å². The quantitative estimate of drug-likeness (QED) is 0.789. The molecule has 1 aromatic heterocycles. The fourth-order valence-electron chi connectivity index (χ4n) is 2.24. The van der Waals surface area contributed by atoms with Crippen LogP contribution >= 0.6 is 0 Å². The first-order valence-corrected chi connectivity index (χ1v) is 6.73. The molecule has 0 aromatic carbocycles. The molecule has 1 aliphatic heterocycles. The molecular weight excluding hydrogens is 254 g/mol. The van der Waals surface area contributed by atoms with Gasteiger partial charge in [0.15, 0.2) is 0 Å². The molecule has 0 aliphatic carbocycles. The van der Waals surface area contributed by atoms with Crippen molar-refractivity contribution in [2.45, 2.75) is 38.7 Å². The number of rotatable bonds is 1. The maximum absolute atomic E-state index is 12.0. The molecule has 1 atom stereocenters. The van der Waals surface area contributed by atoms with E-state index in [0.29, 0.717) is 18.8 Å². The number of pyridine rings is 1. The van der Waals surface area contributed by atoms with Gasteiger partial charge in [-0.1, -0.05) is 6.07 Å². The molecule has 1 saturated heterocycles. The molecule has 1 amide bonds. The van der Waals surface area contributed by atoms with Crippen LogP contribution in [0.1, 0.15) is 44.4 Å². The number of aromatic nitrogens is 1. The van der Waals surface area contributed by atoms with Crippen LogP contribution in [-0.4, -0.2) is 34.7 Å². The van der Waals surface area contributed by atoms with Crippen LogP contribution in [0.3, 0.4) is 0 Å². The maximum atomic E-state index is 12.0. The SMILES string of the molecule is CC(C)(C)OC(=O)N1CCC(c2ccc(C#N)nc2)C1. The van der Waals surface area contributed by atoms with Crippen LogP contribution in [0.4, 0.5) is 4.79 Å². The van der Waals surface area contributed by atoms with Crippen molar-refractivity contribution in [1.29, 1.82) is 5.26 Å². The number of hydrogen-bond acceptors (Lipinski definition) is 4. The molecule has 1 fully saturated rings. The number of hydrogen-bond donors (Lipinski definition) is 0. The second-order valence-corrected chi connectivity index (χ2v) is 6.00. The number of carbonyl (C=O) groups is 1.